The highest BCUT2D eigenvalue weighted by Crippen LogP contribution is 2.49. The molecule has 0 atom stereocenters. The molecule has 2 heterocycles. The number of rotatable bonds is 3. The fraction of sp³-hybridized carbons (Fsp3) is 0.769. The van der Waals surface area contributed by atoms with E-state index in [1.165, 1.54) is 55.1 Å². The first-order chi connectivity index (χ1) is 7.76. The van der Waals surface area contributed by atoms with Crippen molar-refractivity contribution in [3.05, 3.63) is 16.1 Å². The Morgan fingerprint density at radius 1 is 1.44 bits per heavy atom. The zero-order chi connectivity index (χ0) is 11.0. The van der Waals surface area contributed by atoms with Crippen LogP contribution in [0.3, 0.4) is 0 Å². The van der Waals surface area contributed by atoms with Crippen molar-refractivity contribution in [1.82, 2.24) is 10.3 Å². The van der Waals surface area contributed by atoms with Gasteiger partial charge in [0, 0.05) is 22.9 Å². The predicted molar refractivity (Wildman–Crippen MR) is 68.0 cm³/mol. The lowest BCUT2D eigenvalue weighted by Crippen LogP contribution is -2.28. The van der Waals surface area contributed by atoms with Crippen molar-refractivity contribution < 1.29 is 0 Å². The standard InChI is InChI=1S/C13H20N2S/c1-13(4-5-13)11-9-15-12(16-11)8-10-2-6-14-7-3-10/h9-10,14H,2-8H2,1H3. The Morgan fingerprint density at radius 2 is 2.19 bits per heavy atom. The topological polar surface area (TPSA) is 24.9 Å². The summed E-state index contributed by atoms with van der Waals surface area (Å²) in [6.07, 6.45) is 8.72. The normalized spacial score (nSPS) is 24.6. The Morgan fingerprint density at radius 3 is 2.88 bits per heavy atom. The summed E-state index contributed by atoms with van der Waals surface area (Å²) in [6, 6.07) is 0. The first-order valence-electron chi connectivity index (χ1n) is 6.42. The first kappa shape index (κ1) is 10.7. The maximum atomic E-state index is 4.61. The van der Waals surface area contributed by atoms with E-state index in [2.05, 4.69) is 23.4 Å². The molecular formula is C13H20N2S. The molecule has 1 aromatic heterocycles. The molecule has 1 saturated carbocycles. The van der Waals surface area contributed by atoms with Gasteiger partial charge in [0.15, 0.2) is 0 Å². The quantitative estimate of drug-likeness (QED) is 0.873. The summed E-state index contributed by atoms with van der Waals surface area (Å²) in [7, 11) is 0. The van der Waals surface area contributed by atoms with Gasteiger partial charge >= 0.3 is 0 Å². The van der Waals surface area contributed by atoms with Crippen LogP contribution in [-0.2, 0) is 11.8 Å². The second-order valence-corrected chi connectivity index (χ2v) is 6.69. The van der Waals surface area contributed by atoms with Gasteiger partial charge in [-0.05, 0) is 44.7 Å². The van der Waals surface area contributed by atoms with Crippen LogP contribution in [0.15, 0.2) is 6.20 Å². The average molecular weight is 236 g/mol. The van der Waals surface area contributed by atoms with E-state index < -0.39 is 0 Å². The van der Waals surface area contributed by atoms with E-state index in [9.17, 15) is 0 Å². The van der Waals surface area contributed by atoms with Gasteiger partial charge in [-0.25, -0.2) is 4.98 Å². The van der Waals surface area contributed by atoms with Gasteiger partial charge in [0.2, 0.25) is 0 Å². The highest BCUT2D eigenvalue weighted by molar-refractivity contribution is 7.11. The molecule has 0 radical (unpaired) electrons. The Kier molecular flexibility index (Phi) is 2.76. The van der Waals surface area contributed by atoms with Crippen molar-refractivity contribution in [2.75, 3.05) is 13.1 Å². The van der Waals surface area contributed by atoms with Crippen molar-refractivity contribution in [3.63, 3.8) is 0 Å². The van der Waals surface area contributed by atoms with Crippen LogP contribution in [-0.4, -0.2) is 18.1 Å². The van der Waals surface area contributed by atoms with E-state index in [1.54, 1.807) is 0 Å². The smallest absolute Gasteiger partial charge is 0.0930 e. The van der Waals surface area contributed by atoms with E-state index in [-0.39, 0.29) is 0 Å². The minimum atomic E-state index is 0.504. The monoisotopic (exact) mass is 236 g/mol. The van der Waals surface area contributed by atoms with Gasteiger partial charge in [-0.1, -0.05) is 6.92 Å². The molecule has 1 aromatic rings. The fourth-order valence-corrected chi connectivity index (χ4v) is 3.68. The molecule has 0 unspecified atom stereocenters. The SMILES string of the molecule is CC1(c2cnc(CC3CCNCC3)s2)CC1. The molecule has 3 heteroatoms. The summed E-state index contributed by atoms with van der Waals surface area (Å²) in [5.74, 6) is 0.868. The third-order valence-electron chi connectivity index (χ3n) is 4.07. The van der Waals surface area contributed by atoms with Crippen LogP contribution >= 0.6 is 11.3 Å². The van der Waals surface area contributed by atoms with E-state index in [0.29, 0.717) is 5.41 Å². The second-order valence-electron chi connectivity index (χ2n) is 5.58. The number of nitrogens with one attached hydrogen (secondary N) is 1. The lowest BCUT2D eigenvalue weighted by molar-refractivity contribution is 0.372. The van der Waals surface area contributed by atoms with Crippen molar-refractivity contribution in [2.24, 2.45) is 5.92 Å². The molecule has 1 aliphatic carbocycles. The zero-order valence-electron chi connectivity index (χ0n) is 9.96. The number of hydrogen-bond donors (Lipinski definition) is 1. The van der Waals surface area contributed by atoms with Crippen LogP contribution in [0, 0.1) is 5.92 Å². The van der Waals surface area contributed by atoms with Crippen molar-refractivity contribution >= 4 is 11.3 Å². The minimum absolute atomic E-state index is 0.504. The summed E-state index contributed by atoms with van der Waals surface area (Å²) in [5, 5.41) is 4.79. The third-order valence-corrected chi connectivity index (χ3v) is 5.40. The lowest BCUT2D eigenvalue weighted by Gasteiger charge is -2.21. The summed E-state index contributed by atoms with van der Waals surface area (Å²) < 4.78 is 0. The van der Waals surface area contributed by atoms with Gasteiger partial charge in [-0.3, -0.25) is 0 Å². The van der Waals surface area contributed by atoms with Gasteiger partial charge in [0.25, 0.3) is 0 Å². The molecule has 88 valence electrons. The van der Waals surface area contributed by atoms with Crippen LogP contribution in [0.25, 0.3) is 0 Å². The van der Waals surface area contributed by atoms with Gasteiger partial charge in [0.05, 0.1) is 5.01 Å². The Balaban J connectivity index is 1.63. The largest absolute Gasteiger partial charge is 0.317 e. The summed E-state index contributed by atoms with van der Waals surface area (Å²) >= 11 is 1.96. The molecular weight excluding hydrogens is 216 g/mol. The van der Waals surface area contributed by atoms with Crippen LogP contribution < -0.4 is 5.32 Å². The van der Waals surface area contributed by atoms with E-state index in [0.717, 1.165) is 5.92 Å². The highest BCUT2D eigenvalue weighted by Gasteiger charge is 2.40. The van der Waals surface area contributed by atoms with Crippen LogP contribution in [0.1, 0.15) is 42.5 Å². The van der Waals surface area contributed by atoms with Crippen LogP contribution in [0.2, 0.25) is 0 Å². The van der Waals surface area contributed by atoms with Gasteiger partial charge < -0.3 is 5.32 Å². The van der Waals surface area contributed by atoms with Crippen molar-refractivity contribution in [3.8, 4) is 0 Å². The van der Waals surface area contributed by atoms with Gasteiger partial charge in [-0.15, -0.1) is 11.3 Å². The molecule has 0 spiro atoms. The van der Waals surface area contributed by atoms with Crippen LogP contribution in [0.5, 0.6) is 0 Å². The van der Waals surface area contributed by atoms with Crippen LogP contribution in [0.4, 0.5) is 0 Å². The second kappa shape index (κ2) is 4.11. The predicted octanol–water partition coefficient (Wildman–Crippen LogP) is 2.74. The first-order valence-corrected chi connectivity index (χ1v) is 7.24. The molecule has 0 amide bonds. The molecule has 16 heavy (non-hydrogen) atoms. The summed E-state index contributed by atoms with van der Waals surface area (Å²) in [4.78, 5) is 6.14. The molecule has 0 bridgehead atoms. The van der Waals surface area contributed by atoms with E-state index in [1.807, 2.05) is 11.3 Å². The van der Waals surface area contributed by atoms with Crippen molar-refractivity contribution in [2.45, 2.75) is 44.4 Å². The third kappa shape index (κ3) is 2.16. The lowest BCUT2D eigenvalue weighted by atomic mass is 9.95. The number of piperidine rings is 1. The molecule has 3 rings (SSSR count). The molecule has 1 saturated heterocycles. The zero-order valence-corrected chi connectivity index (χ0v) is 10.8. The Labute approximate surface area is 101 Å². The van der Waals surface area contributed by atoms with Gasteiger partial charge in [0.1, 0.15) is 0 Å². The summed E-state index contributed by atoms with van der Waals surface area (Å²) in [5.41, 5.74) is 0.504. The molecule has 2 nitrogen and oxygen atoms in total. The molecule has 1 aliphatic heterocycles. The molecule has 2 aliphatic rings. The highest BCUT2D eigenvalue weighted by atomic mass is 32.1. The summed E-state index contributed by atoms with van der Waals surface area (Å²) in [6.45, 7) is 4.76. The maximum absolute atomic E-state index is 4.61. The number of aromatic nitrogens is 1. The maximum Gasteiger partial charge on any atom is 0.0930 e. The molecule has 1 N–H and O–H groups in total. The Hall–Kier alpha value is -0.410. The van der Waals surface area contributed by atoms with Gasteiger partial charge in [-0.2, -0.15) is 0 Å². The van der Waals surface area contributed by atoms with Crippen molar-refractivity contribution in [1.29, 1.82) is 0 Å². The Bertz CT molecular complexity index is 362. The average Bonchev–Trinajstić information content (AvgIpc) is 2.88. The van der Waals surface area contributed by atoms with E-state index in [4.69, 9.17) is 0 Å². The number of nitrogens with zero attached hydrogens (tertiary/aromatic N) is 1. The molecule has 0 aromatic carbocycles. The molecule has 2 fully saturated rings. The minimum Gasteiger partial charge on any atom is -0.317 e. The van der Waals surface area contributed by atoms with E-state index >= 15 is 0 Å². The number of thiazole rings is 1. The number of hydrogen-bond acceptors (Lipinski definition) is 3. The fourth-order valence-electron chi connectivity index (χ4n) is 2.45.